The quantitative estimate of drug-likeness (QED) is 0.545. The van der Waals surface area contributed by atoms with Crippen LogP contribution in [0.15, 0.2) is 34.4 Å². The summed E-state index contributed by atoms with van der Waals surface area (Å²) in [5.41, 5.74) is 5.23. The molecule has 3 N–H and O–H groups in total. The van der Waals surface area contributed by atoms with Crippen molar-refractivity contribution in [3.8, 4) is 0 Å². The summed E-state index contributed by atoms with van der Waals surface area (Å²) in [6.45, 7) is 9.69. The molecule has 1 spiro atoms. The van der Waals surface area contributed by atoms with Gasteiger partial charge >= 0.3 is 6.18 Å². The standard InChI is InChI=1S/C24H33F3N6OS2/c1-15-7-8-23(18(15)32-36(34)22(2,3)4)9-12-33(13-10-23)17-14-30-21(20(28)31-17)35-16-6-5-11-29-19(16)24(25,26)27/h5-6,11,14-15,18,32H,7-10,12-13H2,1-4H3,(H2,28,31)/t15?,18-,36-/m1/s1. The number of alkyl halides is 3. The van der Waals surface area contributed by atoms with Gasteiger partial charge in [-0.05, 0) is 69.9 Å². The maximum atomic E-state index is 13.3. The Morgan fingerprint density at radius 3 is 2.50 bits per heavy atom. The molecule has 7 nitrogen and oxygen atoms in total. The Morgan fingerprint density at radius 2 is 1.89 bits per heavy atom. The van der Waals surface area contributed by atoms with Crippen LogP contribution >= 0.6 is 11.8 Å². The summed E-state index contributed by atoms with van der Waals surface area (Å²) < 4.78 is 55.9. The highest BCUT2D eigenvalue weighted by atomic mass is 32.2. The lowest BCUT2D eigenvalue weighted by Crippen LogP contribution is -2.53. The van der Waals surface area contributed by atoms with E-state index in [4.69, 9.17) is 5.73 Å². The second-order valence-corrected chi connectivity index (χ2v) is 13.7. The average molecular weight is 543 g/mol. The zero-order valence-electron chi connectivity index (χ0n) is 20.9. The first-order valence-electron chi connectivity index (χ1n) is 12.1. The number of aromatic nitrogens is 3. The minimum atomic E-state index is -4.57. The Bertz CT molecular complexity index is 1120. The van der Waals surface area contributed by atoms with Gasteiger partial charge in [0, 0.05) is 30.2 Å². The first-order valence-corrected chi connectivity index (χ1v) is 14.0. The molecule has 0 bridgehead atoms. The highest BCUT2D eigenvalue weighted by Gasteiger charge is 2.49. The normalized spacial score (nSPS) is 23.2. The van der Waals surface area contributed by atoms with E-state index in [0.29, 0.717) is 11.7 Å². The Balaban J connectivity index is 1.45. The molecule has 36 heavy (non-hydrogen) atoms. The summed E-state index contributed by atoms with van der Waals surface area (Å²) in [4.78, 5) is 14.3. The third-order valence-corrected chi connectivity index (χ3v) is 9.83. The molecule has 2 aromatic heterocycles. The smallest absolute Gasteiger partial charge is 0.381 e. The molecule has 0 amide bonds. The predicted molar refractivity (Wildman–Crippen MR) is 137 cm³/mol. The molecular formula is C24H33F3N6OS2. The Hall–Kier alpha value is -1.92. The molecule has 3 atom stereocenters. The third kappa shape index (κ3) is 5.65. The van der Waals surface area contributed by atoms with Crippen molar-refractivity contribution in [2.75, 3.05) is 23.7 Å². The Kier molecular flexibility index (Phi) is 7.60. The number of pyridine rings is 1. The van der Waals surface area contributed by atoms with Crippen molar-refractivity contribution in [2.24, 2.45) is 11.3 Å². The maximum Gasteiger partial charge on any atom is 0.434 e. The molecule has 2 aliphatic rings. The molecule has 1 saturated heterocycles. The maximum absolute atomic E-state index is 13.3. The Morgan fingerprint density at radius 1 is 1.19 bits per heavy atom. The first-order chi connectivity index (χ1) is 16.8. The van der Waals surface area contributed by atoms with Gasteiger partial charge in [-0.2, -0.15) is 13.2 Å². The van der Waals surface area contributed by atoms with E-state index in [1.165, 1.54) is 12.1 Å². The lowest BCUT2D eigenvalue weighted by molar-refractivity contribution is -0.143. The van der Waals surface area contributed by atoms with Gasteiger partial charge < -0.3 is 10.6 Å². The second kappa shape index (κ2) is 10.1. The topological polar surface area (TPSA) is 97.0 Å². The van der Waals surface area contributed by atoms with Crippen molar-refractivity contribution < 1.29 is 17.4 Å². The molecule has 4 rings (SSSR count). The highest BCUT2D eigenvalue weighted by molar-refractivity contribution is 7.99. The summed E-state index contributed by atoms with van der Waals surface area (Å²) in [5, 5.41) is 0.212. The van der Waals surface area contributed by atoms with Gasteiger partial charge in [0.05, 0.1) is 21.9 Å². The molecule has 0 aromatic carbocycles. The molecule has 2 aromatic rings. The van der Waals surface area contributed by atoms with E-state index in [-0.39, 0.29) is 31.9 Å². The number of hydrogen-bond acceptors (Lipinski definition) is 7. The predicted octanol–water partition coefficient (Wildman–Crippen LogP) is 5.06. The number of hydrogen-bond donors (Lipinski definition) is 2. The van der Waals surface area contributed by atoms with Crippen LogP contribution in [0.5, 0.6) is 0 Å². The fourth-order valence-corrected chi connectivity index (χ4v) is 7.06. The molecule has 2 fully saturated rings. The van der Waals surface area contributed by atoms with Crippen LogP contribution in [0.25, 0.3) is 0 Å². The van der Waals surface area contributed by atoms with Gasteiger partial charge in [-0.15, -0.1) is 0 Å². The summed E-state index contributed by atoms with van der Waals surface area (Å²) in [5.74, 6) is 1.15. The number of nitrogens with two attached hydrogens (primary N) is 1. The number of nitrogen functional groups attached to an aromatic ring is 1. The van der Waals surface area contributed by atoms with Crippen LogP contribution in [0.2, 0.25) is 0 Å². The largest absolute Gasteiger partial charge is 0.434 e. The zero-order valence-corrected chi connectivity index (χ0v) is 22.6. The molecule has 3 heterocycles. The van der Waals surface area contributed by atoms with Crippen molar-refractivity contribution in [1.29, 1.82) is 0 Å². The molecular weight excluding hydrogens is 509 g/mol. The van der Waals surface area contributed by atoms with Gasteiger partial charge in [0.25, 0.3) is 0 Å². The number of nitrogens with zero attached hydrogens (tertiary/aromatic N) is 4. The summed E-state index contributed by atoms with van der Waals surface area (Å²) >= 11 is 0.810. The average Bonchev–Trinajstić information content (AvgIpc) is 3.09. The minimum absolute atomic E-state index is 0.0693. The minimum Gasteiger partial charge on any atom is -0.381 e. The van der Waals surface area contributed by atoms with Gasteiger partial charge in [0.15, 0.2) is 11.5 Å². The summed E-state index contributed by atoms with van der Waals surface area (Å²) in [7, 11) is -1.13. The van der Waals surface area contributed by atoms with Gasteiger partial charge in [-0.1, -0.05) is 18.7 Å². The number of anilines is 2. The van der Waals surface area contributed by atoms with E-state index in [9.17, 15) is 17.4 Å². The molecule has 0 radical (unpaired) electrons. The van der Waals surface area contributed by atoms with Crippen LogP contribution in [0.3, 0.4) is 0 Å². The van der Waals surface area contributed by atoms with Crippen LogP contribution in [-0.4, -0.2) is 43.0 Å². The van der Waals surface area contributed by atoms with Crippen molar-refractivity contribution in [1.82, 2.24) is 19.7 Å². The Labute approximate surface area is 216 Å². The zero-order chi connectivity index (χ0) is 26.3. The van der Waals surface area contributed by atoms with Crippen molar-refractivity contribution in [3.05, 3.63) is 30.2 Å². The second-order valence-electron chi connectivity index (χ2n) is 10.7. The van der Waals surface area contributed by atoms with Crippen LogP contribution in [0.4, 0.5) is 24.8 Å². The van der Waals surface area contributed by atoms with Crippen LogP contribution in [-0.2, 0) is 17.2 Å². The van der Waals surface area contributed by atoms with Crippen molar-refractivity contribution in [3.63, 3.8) is 0 Å². The van der Waals surface area contributed by atoms with Gasteiger partial charge in [0.1, 0.15) is 10.8 Å². The summed E-state index contributed by atoms with van der Waals surface area (Å²) in [6, 6.07) is 2.98. The molecule has 1 aliphatic carbocycles. The third-order valence-electron chi connectivity index (χ3n) is 7.20. The van der Waals surface area contributed by atoms with E-state index in [2.05, 4.69) is 31.5 Å². The fraction of sp³-hybridized carbons (Fsp3) is 0.625. The molecule has 1 unspecified atom stereocenters. The van der Waals surface area contributed by atoms with Crippen LogP contribution in [0, 0.1) is 11.3 Å². The van der Waals surface area contributed by atoms with E-state index in [1.807, 2.05) is 20.8 Å². The van der Waals surface area contributed by atoms with Crippen LogP contribution in [0.1, 0.15) is 59.1 Å². The fourth-order valence-electron chi connectivity index (χ4n) is 5.12. The number of rotatable bonds is 5. The molecule has 198 valence electrons. The van der Waals surface area contributed by atoms with Crippen LogP contribution < -0.4 is 15.4 Å². The lowest BCUT2D eigenvalue weighted by atomic mass is 9.73. The number of nitrogens with one attached hydrogen (secondary N) is 1. The SMILES string of the molecule is CC1CCC2(CCN(c3cnc(Sc4cccnc4C(F)(F)F)c(N)n3)CC2)[C@@H]1N[S@](=O)C(C)(C)C. The lowest BCUT2D eigenvalue weighted by Gasteiger charge is -2.45. The van der Waals surface area contributed by atoms with E-state index in [0.717, 1.165) is 56.7 Å². The highest BCUT2D eigenvalue weighted by Crippen LogP contribution is 2.50. The van der Waals surface area contributed by atoms with E-state index < -0.39 is 22.9 Å². The van der Waals surface area contributed by atoms with E-state index >= 15 is 0 Å². The number of piperidine rings is 1. The molecule has 1 aliphatic heterocycles. The summed E-state index contributed by atoms with van der Waals surface area (Å²) in [6.07, 6.45) is 2.17. The van der Waals surface area contributed by atoms with Gasteiger partial charge in [0.2, 0.25) is 0 Å². The van der Waals surface area contributed by atoms with E-state index in [1.54, 1.807) is 6.20 Å². The molecule has 12 heteroatoms. The van der Waals surface area contributed by atoms with Gasteiger partial charge in [-0.25, -0.2) is 18.9 Å². The molecule has 1 saturated carbocycles. The monoisotopic (exact) mass is 542 g/mol. The number of halogens is 3. The van der Waals surface area contributed by atoms with Gasteiger partial charge in [-0.3, -0.25) is 4.98 Å². The van der Waals surface area contributed by atoms with Crippen molar-refractivity contribution in [2.45, 2.75) is 80.3 Å². The first kappa shape index (κ1) is 27.1. The van der Waals surface area contributed by atoms with Crippen molar-refractivity contribution >= 4 is 34.4 Å².